The fourth-order valence-electron chi connectivity index (χ4n) is 2.98. The molecule has 1 aromatic heterocycles. The van der Waals surface area contributed by atoms with E-state index in [0.717, 1.165) is 48.8 Å². The summed E-state index contributed by atoms with van der Waals surface area (Å²) in [5.74, 6) is 0.595. The molecule has 1 aliphatic rings. The first kappa shape index (κ1) is 15.8. The standard InChI is InChI=1S/C15H26ClN3O/c1-5-7-17-12(15-10(2)6-8-20-15)9-13-14(16)11(3)18-19(13)4/h10,12,15,17H,5-9H2,1-4H3. The van der Waals surface area contributed by atoms with Crippen LogP contribution in [0.15, 0.2) is 0 Å². The highest BCUT2D eigenvalue weighted by Gasteiger charge is 2.33. The third-order valence-corrected chi connectivity index (χ3v) is 4.66. The van der Waals surface area contributed by atoms with Gasteiger partial charge in [0, 0.05) is 26.1 Å². The van der Waals surface area contributed by atoms with Crippen LogP contribution in [-0.4, -0.2) is 35.1 Å². The molecule has 1 saturated heterocycles. The Labute approximate surface area is 126 Å². The van der Waals surface area contributed by atoms with Crippen molar-refractivity contribution in [1.29, 1.82) is 0 Å². The Hall–Kier alpha value is -0.580. The quantitative estimate of drug-likeness (QED) is 0.878. The van der Waals surface area contributed by atoms with Crippen LogP contribution in [0.2, 0.25) is 5.02 Å². The number of rotatable bonds is 6. The molecule has 2 heterocycles. The molecule has 0 radical (unpaired) electrons. The molecule has 0 aliphatic carbocycles. The lowest BCUT2D eigenvalue weighted by atomic mass is 9.94. The van der Waals surface area contributed by atoms with Crippen LogP contribution in [0.5, 0.6) is 0 Å². The second-order valence-electron chi connectivity index (χ2n) is 5.84. The van der Waals surface area contributed by atoms with Crippen LogP contribution in [0.4, 0.5) is 0 Å². The summed E-state index contributed by atoms with van der Waals surface area (Å²) < 4.78 is 7.85. The average molecular weight is 300 g/mol. The van der Waals surface area contributed by atoms with Crippen molar-refractivity contribution in [3.63, 3.8) is 0 Å². The average Bonchev–Trinajstić information content (AvgIpc) is 2.93. The molecule has 1 N–H and O–H groups in total. The van der Waals surface area contributed by atoms with E-state index in [1.807, 2.05) is 18.7 Å². The van der Waals surface area contributed by atoms with Crippen molar-refractivity contribution in [2.24, 2.45) is 13.0 Å². The Balaban J connectivity index is 2.14. The van der Waals surface area contributed by atoms with Gasteiger partial charge in [-0.3, -0.25) is 4.68 Å². The molecule has 1 aliphatic heterocycles. The molecule has 2 rings (SSSR count). The molecule has 0 aromatic carbocycles. The number of nitrogens with one attached hydrogen (secondary N) is 1. The Bertz CT molecular complexity index is 447. The van der Waals surface area contributed by atoms with E-state index < -0.39 is 0 Å². The Morgan fingerprint density at radius 3 is 2.80 bits per heavy atom. The van der Waals surface area contributed by atoms with Gasteiger partial charge in [0.25, 0.3) is 0 Å². The normalized spacial score (nSPS) is 24.2. The highest BCUT2D eigenvalue weighted by atomic mass is 35.5. The minimum atomic E-state index is 0.271. The van der Waals surface area contributed by atoms with Crippen LogP contribution in [0.1, 0.15) is 38.1 Å². The summed E-state index contributed by atoms with van der Waals surface area (Å²) in [6.07, 6.45) is 3.40. The molecule has 1 aromatic rings. The maximum Gasteiger partial charge on any atom is 0.0847 e. The van der Waals surface area contributed by atoms with Crippen LogP contribution in [-0.2, 0) is 18.2 Å². The number of nitrogens with zero attached hydrogens (tertiary/aromatic N) is 2. The van der Waals surface area contributed by atoms with Crippen LogP contribution >= 0.6 is 11.6 Å². The molecule has 0 saturated carbocycles. The molecule has 5 heteroatoms. The molecule has 20 heavy (non-hydrogen) atoms. The van der Waals surface area contributed by atoms with Crippen LogP contribution in [0, 0.1) is 12.8 Å². The summed E-state index contributed by atoms with van der Waals surface area (Å²) >= 11 is 6.38. The second-order valence-corrected chi connectivity index (χ2v) is 6.21. The largest absolute Gasteiger partial charge is 0.376 e. The van der Waals surface area contributed by atoms with Crippen molar-refractivity contribution in [3.8, 4) is 0 Å². The van der Waals surface area contributed by atoms with E-state index in [9.17, 15) is 0 Å². The Kier molecular flexibility index (Phi) is 5.47. The zero-order valence-corrected chi connectivity index (χ0v) is 13.7. The molecular formula is C15H26ClN3O. The molecular weight excluding hydrogens is 274 g/mol. The van der Waals surface area contributed by atoms with Crippen molar-refractivity contribution in [1.82, 2.24) is 15.1 Å². The third-order valence-electron chi connectivity index (χ3n) is 4.17. The van der Waals surface area contributed by atoms with Gasteiger partial charge in [0.1, 0.15) is 0 Å². The van der Waals surface area contributed by atoms with Gasteiger partial charge in [-0.1, -0.05) is 25.4 Å². The second kappa shape index (κ2) is 6.92. The predicted octanol–water partition coefficient (Wildman–Crippen LogP) is 2.72. The van der Waals surface area contributed by atoms with Gasteiger partial charge in [-0.05, 0) is 32.2 Å². The zero-order valence-electron chi connectivity index (χ0n) is 12.9. The number of halogens is 1. The van der Waals surface area contributed by atoms with E-state index in [1.54, 1.807) is 0 Å². The molecule has 1 fully saturated rings. The van der Waals surface area contributed by atoms with Gasteiger partial charge in [-0.15, -0.1) is 0 Å². The highest BCUT2D eigenvalue weighted by Crippen LogP contribution is 2.27. The van der Waals surface area contributed by atoms with E-state index in [1.165, 1.54) is 0 Å². The van der Waals surface area contributed by atoms with Crippen LogP contribution < -0.4 is 5.32 Å². The lowest BCUT2D eigenvalue weighted by molar-refractivity contribution is 0.0605. The van der Waals surface area contributed by atoms with Gasteiger partial charge in [-0.2, -0.15) is 5.10 Å². The van der Waals surface area contributed by atoms with Crippen molar-refractivity contribution >= 4 is 11.6 Å². The van der Waals surface area contributed by atoms with Gasteiger partial charge in [-0.25, -0.2) is 0 Å². The maximum atomic E-state index is 6.38. The first-order chi connectivity index (χ1) is 9.54. The molecule has 4 nitrogen and oxygen atoms in total. The number of ether oxygens (including phenoxy) is 1. The SMILES string of the molecule is CCCNC(Cc1c(Cl)c(C)nn1C)C1OCCC1C. The van der Waals surface area contributed by atoms with E-state index in [0.29, 0.717) is 12.0 Å². The van der Waals surface area contributed by atoms with Gasteiger partial charge < -0.3 is 10.1 Å². The molecule has 0 bridgehead atoms. The summed E-state index contributed by atoms with van der Waals surface area (Å²) in [7, 11) is 1.96. The van der Waals surface area contributed by atoms with Gasteiger partial charge >= 0.3 is 0 Å². The Morgan fingerprint density at radius 1 is 1.55 bits per heavy atom. The molecule has 3 unspecified atom stereocenters. The Morgan fingerprint density at radius 2 is 2.30 bits per heavy atom. The van der Waals surface area contributed by atoms with Crippen molar-refractivity contribution in [2.75, 3.05) is 13.2 Å². The first-order valence-electron chi connectivity index (χ1n) is 7.57. The van der Waals surface area contributed by atoms with Crippen molar-refractivity contribution in [2.45, 2.75) is 52.2 Å². The van der Waals surface area contributed by atoms with E-state index in [4.69, 9.17) is 16.3 Å². The van der Waals surface area contributed by atoms with E-state index in [2.05, 4.69) is 24.3 Å². The highest BCUT2D eigenvalue weighted by molar-refractivity contribution is 6.31. The van der Waals surface area contributed by atoms with Crippen LogP contribution in [0.25, 0.3) is 0 Å². The van der Waals surface area contributed by atoms with Gasteiger partial charge in [0.05, 0.1) is 22.5 Å². The lowest BCUT2D eigenvalue weighted by Gasteiger charge is -2.27. The molecule has 114 valence electrons. The first-order valence-corrected chi connectivity index (χ1v) is 7.95. The number of hydrogen-bond acceptors (Lipinski definition) is 3. The third kappa shape index (κ3) is 3.35. The van der Waals surface area contributed by atoms with Gasteiger partial charge in [0.15, 0.2) is 0 Å². The fraction of sp³-hybridized carbons (Fsp3) is 0.800. The molecule has 0 spiro atoms. The summed E-state index contributed by atoms with van der Waals surface area (Å²) in [4.78, 5) is 0. The predicted molar refractivity (Wildman–Crippen MR) is 82.3 cm³/mol. The van der Waals surface area contributed by atoms with E-state index in [-0.39, 0.29) is 6.10 Å². The number of aryl methyl sites for hydroxylation is 2. The minimum Gasteiger partial charge on any atom is -0.376 e. The monoisotopic (exact) mass is 299 g/mol. The fourth-order valence-corrected chi connectivity index (χ4v) is 3.21. The lowest BCUT2D eigenvalue weighted by Crippen LogP contribution is -2.44. The van der Waals surface area contributed by atoms with Crippen LogP contribution in [0.3, 0.4) is 0 Å². The summed E-state index contributed by atoms with van der Waals surface area (Å²) in [5.41, 5.74) is 2.00. The van der Waals surface area contributed by atoms with E-state index >= 15 is 0 Å². The maximum absolute atomic E-state index is 6.38. The topological polar surface area (TPSA) is 39.1 Å². The summed E-state index contributed by atoms with van der Waals surface area (Å²) in [6.45, 7) is 8.29. The van der Waals surface area contributed by atoms with Crippen molar-refractivity contribution in [3.05, 3.63) is 16.4 Å². The number of hydrogen-bond donors (Lipinski definition) is 1. The summed E-state index contributed by atoms with van der Waals surface area (Å²) in [6, 6.07) is 0.305. The number of aromatic nitrogens is 2. The minimum absolute atomic E-state index is 0.271. The smallest absolute Gasteiger partial charge is 0.0847 e. The summed E-state index contributed by atoms with van der Waals surface area (Å²) in [5, 5.41) is 8.83. The van der Waals surface area contributed by atoms with Crippen molar-refractivity contribution < 1.29 is 4.74 Å². The molecule has 3 atom stereocenters. The zero-order chi connectivity index (χ0) is 14.7. The molecule has 0 amide bonds. The van der Waals surface area contributed by atoms with Gasteiger partial charge in [0.2, 0.25) is 0 Å².